The second-order valence-electron chi connectivity index (χ2n) is 9.65. The van der Waals surface area contributed by atoms with E-state index in [0.29, 0.717) is 12.6 Å². The molecule has 0 unspecified atom stereocenters. The molecule has 1 atom stereocenters. The molecular formula is C23H33N3OS. The van der Waals surface area contributed by atoms with Crippen LogP contribution in [-0.4, -0.2) is 42.4 Å². The average Bonchev–Trinajstić information content (AvgIpc) is 3.33. The fourth-order valence-corrected chi connectivity index (χ4v) is 5.53. The van der Waals surface area contributed by atoms with Crippen LogP contribution in [0.2, 0.25) is 0 Å². The van der Waals surface area contributed by atoms with Crippen molar-refractivity contribution in [2.24, 2.45) is 0 Å². The quantitative estimate of drug-likeness (QED) is 0.786. The summed E-state index contributed by atoms with van der Waals surface area (Å²) in [6, 6.07) is 7.45. The number of aliphatic hydroxyl groups excluding tert-OH is 1. The molecule has 0 radical (unpaired) electrons. The summed E-state index contributed by atoms with van der Waals surface area (Å²) in [7, 11) is 0. The van der Waals surface area contributed by atoms with Crippen LogP contribution in [0.1, 0.15) is 58.1 Å². The van der Waals surface area contributed by atoms with Crippen LogP contribution in [0.3, 0.4) is 0 Å². The van der Waals surface area contributed by atoms with E-state index in [1.807, 2.05) is 0 Å². The third-order valence-electron chi connectivity index (χ3n) is 6.64. The lowest BCUT2D eigenvalue weighted by atomic mass is 9.63. The minimum absolute atomic E-state index is 0.198. The summed E-state index contributed by atoms with van der Waals surface area (Å²) in [6.45, 7) is 12.4. The molecular weight excluding hydrogens is 366 g/mol. The van der Waals surface area contributed by atoms with Gasteiger partial charge in [0.1, 0.15) is 0 Å². The van der Waals surface area contributed by atoms with Gasteiger partial charge in [0, 0.05) is 36.6 Å². The number of thiazole rings is 1. The van der Waals surface area contributed by atoms with E-state index in [9.17, 15) is 0 Å². The first-order valence-electron chi connectivity index (χ1n) is 10.5. The molecule has 0 bridgehead atoms. The highest BCUT2D eigenvalue weighted by Gasteiger charge is 2.37. The smallest absolute Gasteiger partial charge is 0.185 e. The second-order valence-corrected chi connectivity index (χ2v) is 10.5. The molecule has 1 aromatic heterocycles. The van der Waals surface area contributed by atoms with Gasteiger partial charge in [0.15, 0.2) is 5.13 Å². The molecule has 2 N–H and O–H groups in total. The maximum Gasteiger partial charge on any atom is 0.185 e. The van der Waals surface area contributed by atoms with E-state index in [1.54, 1.807) is 11.3 Å². The standard InChI is InChI=1S/C23H33N3OS/c1-22(2)8-9-23(3,4)19-13-16(5-6-18(19)22)20-15-28-21(25-20)26-11-7-17(14-26)24-10-12-27/h5-6,13,15,17,24,27H,7-12,14H2,1-4H3/t17-/m1/s1. The van der Waals surface area contributed by atoms with E-state index in [-0.39, 0.29) is 17.4 Å². The molecule has 1 fully saturated rings. The van der Waals surface area contributed by atoms with Crippen LogP contribution < -0.4 is 10.2 Å². The number of hydrogen-bond acceptors (Lipinski definition) is 5. The van der Waals surface area contributed by atoms with Gasteiger partial charge in [-0.05, 0) is 47.3 Å². The predicted molar refractivity (Wildman–Crippen MR) is 119 cm³/mol. The molecule has 152 valence electrons. The first kappa shape index (κ1) is 19.9. The SMILES string of the molecule is CC1(C)CCC(C)(C)c2cc(-c3csc(N4CC[C@@H](NCCO)C4)n3)ccc21. The number of aromatic nitrogens is 1. The van der Waals surface area contributed by atoms with Crippen LogP contribution in [0, 0.1) is 0 Å². The molecule has 2 aliphatic rings. The van der Waals surface area contributed by atoms with Crippen LogP contribution >= 0.6 is 11.3 Å². The van der Waals surface area contributed by atoms with Gasteiger partial charge in [0.2, 0.25) is 0 Å². The van der Waals surface area contributed by atoms with Crippen molar-refractivity contribution in [1.82, 2.24) is 10.3 Å². The molecule has 5 heteroatoms. The van der Waals surface area contributed by atoms with Crippen molar-refractivity contribution in [3.63, 3.8) is 0 Å². The number of fused-ring (bicyclic) bond motifs is 1. The van der Waals surface area contributed by atoms with Gasteiger partial charge in [-0.25, -0.2) is 4.98 Å². The van der Waals surface area contributed by atoms with Crippen molar-refractivity contribution in [3.8, 4) is 11.3 Å². The molecule has 1 aliphatic heterocycles. The van der Waals surface area contributed by atoms with Gasteiger partial charge in [0.05, 0.1) is 12.3 Å². The van der Waals surface area contributed by atoms with E-state index in [4.69, 9.17) is 10.1 Å². The third-order valence-corrected chi connectivity index (χ3v) is 7.55. The lowest BCUT2D eigenvalue weighted by Crippen LogP contribution is -2.34. The molecule has 0 amide bonds. The lowest BCUT2D eigenvalue weighted by Gasteiger charge is -2.42. The Kier molecular flexibility index (Phi) is 5.27. The normalized spacial score (nSPS) is 23.0. The largest absolute Gasteiger partial charge is 0.395 e. The van der Waals surface area contributed by atoms with Gasteiger partial charge in [-0.15, -0.1) is 11.3 Å². The van der Waals surface area contributed by atoms with Gasteiger partial charge in [0.25, 0.3) is 0 Å². The molecule has 2 aromatic rings. The highest BCUT2D eigenvalue weighted by molar-refractivity contribution is 7.14. The minimum atomic E-state index is 0.198. The predicted octanol–water partition coefficient (Wildman–Crippen LogP) is 4.32. The number of hydrogen-bond donors (Lipinski definition) is 2. The molecule has 2 heterocycles. The summed E-state index contributed by atoms with van der Waals surface area (Å²) in [4.78, 5) is 7.35. The number of nitrogens with zero attached hydrogens (tertiary/aromatic N) is 2. The van der Waals surface area contributed by atoms with Crippen molar-refractivity contribution in [2.45, 2.75) is 63.8 Å². The summed E-state index contributed by atoms with van der Waals surface area (Å²) in [5.74, 6) is 0. The summed E-state index contributed by atoms with van der Waals surface area (Å²) in [5.41, 5.74) is 5.80. The average molecular weight is 400 g/mol. The molecule has 4 nitrogen and oxygen atoms in total. The number of aliphatic hydroxyl groups is 1. The first-order valence-corrected chi connectivity index (χ1v) is 11.4. The summed E-state index contributed by atoms with van der Waals surface area (Å²) in [5, 5.41) is 15.7. The molecule has 1 aromatic carbocycles. The summed E-state index contributed by atoms with van der Waals surface area (Å²) < 4.78 is 0. The number of nitrogens with one attached hydrogen (secondary N) is 1. The fourth-order valence-electron chi connectivity index (χ4n) is 4.66. The van der Waals surface area contributed by atoms with Gasteiger partial charge in [-0.3, -0.25) is 0 Å². The summed E-state index contributed by atoms with van der Waals surface area (Å²) in [6.07, 6.45) is 3.58. The van der Waals surface area contributed by atoms with Crippen molar-refractivity contribution in [1.29, 1.82) is 0 Å². The van der Waals surface area contributed by atoms with Crippen LogP contribution in [-0.2, 0) is 10.8 Å². The van der Waals surface area contributed by atoms with E-state index in [2.05, 4.69) is 61.5 Å². The van der Waals surface area contributed by atoms with Gasteiger partial charge in [-0.2, -0.15) is 0 Å². The van der Waals surface area contributed by atoms with E-state index < -0.39 is 0 Å². The number of benzene rings is 1. The van der Waals surface area contributed by atoms with Crippen molar-refractivity contribution < 1.29 is 5.11 Å². The van der Waals surface area contributed by atoms with Crippen molar-refractivity contribution in [2.75, 3.05) is 31.1 Å². The monoisotopic (exact) mass is 399 g/mol. The molecule has 0 spiro atoms. The second kappa shape index (κ2) is 7.43. The topological polar surface area (TPSA) is 48.4 Å². The Bertz CT molecular complexity index is 842. The molecule has 1 aliphatic carbocycles. The molecule has 4 rings (SSSR count). The third kappa shape index (κ3) is 3.72. The van der Waals surface area contributed by atoms with Crippen LogP contribution in [0.5, 0.6) is 0 Å². The molecule has 1 saturated heterocycles. The zero-order chi connectivity index (χ0) is 19.9. The Labute approximate surface area is 173 Å². The number of anilines is 1. The molecule has 28 heavy (non-hydrogen) atoms. The van der Waals surface area contributed by atoms with E-state index >= 15 is 0 Å². The van der Waals surface area contributed by atoms with E-state index in [0.717, 1.165) is 30.3 Å². The first-order chi connectivity index (χ1) is 13.3. The highest BCUT2D eigenvalue weighted by atomic mass is 32.1. The van der Waals surface area contributed by atoms with Gasteiger partial charge < -0.3 is 15.3 Å². The van der Waals surface area contributed by atoms with Gasteiger partial charge in [-0.1, -0.05) is 39.8 Å². The summed E-state index contributed by atoms with van der Waals surface area (Å²) >= 11 is 1.74. The van der Waals surface area contributed by atoms with Crippen molar-refractivity contribution >= 4 is 16.5 Å². The Morgan fingerprint density at radius 3 is 2.68 bits per heavy atom. The Morgan fingerprint density at radius 2 is 1.93 bits per heavy atom. The minimum Gasteiger partial charge on any atom is -0.395 e. The molecule has 0 saturated carbocycles. The van der Waals surface area contributed by atoms with Crippen LogP contribution in [0.4, 0.5) is 5.13 Å². The number of rotatable bonds is 5. The maximum atomic E-state index is 9.01. The Morgan fingerprint density at radius 1 is 1.18 bits per heavy atom. The van der Waals surface area contributed by atoms with E-state index in [1.165, 1.54) is 29.5 Å². The highest BCUT2D eigenvalue weighted by Crippen LogP contribution is 2.46. The van der Waals surface area contributed by atoms with Crippen molar-refractivity contribution in [3.05, 3.63) is 34.7 Å². The van der Waals surface area contributed by atoms with Crippen LogP contribution in [0.15, 0.2) is 23.6 Å². The Balaban J connectivity index is 1.57. The van der Waals surface area contributed by atoms with Crippen LogP contribution in [0.25, 0.3) is 11.3 Å². The lowest BCUT2D eigenvalue weighted by molar-refractivity contribution is 0.286. The fraction of sp³-hybridized carbons (Fsp3) is 0.609. The zero-order valence-electron chi connectivity index (χ0n) is 17.6. The maximum absolute atomic E-state index is 9.01. The zero-order valence-corrected chi connectivity index (χ0v) is 18.4. The van der Waals surface area contributed by atoms with Gasteiger partial charge >= 0.3 is 0 Å². The Hall–Kier alpha value is -1.43.